The van der Waals surface area contributed by atoms with Crippen LogP contribution in [0.1, 0.15) is 232 Å². The standard InChI is InChI=1S/C62H108NO8P/c1-6-8-10-12-14-16-18-20-22-23-24-25-26-27-28-29-30-31-32-33-34-35-36-37-38-39-41-43-45-47-49-51-53-55-62(65)71-60(59-70-72(66,67)69-57-56-63(3,4)5)58-68-61(64)54-52-50-48-46-44-42-40-21-19-17-15-13-11-9-7-2/h8,10,14,16,20,22,24-25,27-28,30-31,33-34,36-37,60H,6-7,9,11-13,15,17-19,21,23,26,29,32,35,38-59H2,1-5H3/b10-8-,16-14-,22-20-,25-24-,28-27-,31-30-,34-33-,37-36-. The van der Waals surface area contributed by atoms with Gasteiger partial charge in [0.25, 0.3) is 7.82 Å². The van der Waals surface area contributed by atoms with Crippen molar-refractivity contribution in [1.82, 2.24) is 0 Å². The van der Waals surface area contributed by atoms with E-state index in [4.69, 9.17) is 18.5 Å². The number of esters is 2. The molecule has 0 aromatic heterocycles. The van der Waals surface area contributed by atoms with Crippen molar-refractivity contribution in [3.8, 4) is 0 Å². The molecule has 0 aliphatic heterocycles. The van der Waals surface area contributed by atoms with Gasteiger partial charge in [-0.05, 0) is 77.0 Å². The number of unbranched alkanes of at least 4 members (excludes halogenated alkanes) is 22. The Morgan fingerprint density at radius 1 is 0.444 bits per heavy atom. The summed E-state index contributed by atoms with van der Waals surface area (Å²) < 4.78 is 34.1. The number of carbonyl (C=O) groups is 2. The molecule has 2 unspecified atom stereocenters. The molecule has 0 spiro atoms. The fourth-order valence-corrected chi connectivity index (χ4v) is 8.40. The maximum Gasteiger partial charge on any atom is 0.306 e. The Bertz CT molecular complexity index is 1540. The van der Waals surface area contributed by atoms with Gasteiger partial charge in [0.2, 0.25) is 0 Å². The van der Waals surface area contributed by atoms with Crippen LogP contribution < -0.4 is 4.89 Å². The Labute approximate surface area is 443 Å². The van der Waals surface area contributed by atoms with Gasteiger partial charge in [-0.3, -0.25) is 14.2 Å². The number of nitrogens with zero attached hydrogens (tertiary/aromatic N) is 1. The van der Waals surface area contributed by atoms with Crippen molar-refractivity contribution >= 4 is 19.8 Å². The van der Waals surface area contributed by atoms with E-state index in [1.807, 2.05) is 21.1 Å². The highest BCUT2D eigenvalue weighted by molar-refractivity contribution is 7.45. The minimum absolute atomic E-state index is 0.0357. The van der Waals surface area contributed by atoms with Crippen LogP contribution >= 0.6 is 7.82 Å². The third-order valence-corrected chi connectivity index (χ3v) is 13.1. The van der Waals surface area contributed by atoms with Gasteiger partial charge >= 0.3 is 11.9 Å². The van der Waals surface area contributed by atoms with E-state index in [2.05, 4.69) is 111 Å². The molecule has 0 saturated heterocycles. The molecule has 0 aliphatic carbocycles. The Morgan fingerprint density at radius 3 is 1.18 bits per heavy atom. The second-order valence-electron chi connectivity index (χ2n) is 20.3. The lowest BCUT2D eigenvalue weighted by Gasteiger charge is -2.28. The topological polar surface area (TPSA) is 111 Å². The van der Waals surface area contributed by atoms with Gasteiger partial charge < -0.3 is 27.9 Å². The van der Waals surface area contributed by atoms with Crippen LogP contribution in [0.15, 0.2) is 97.2 Å². The lowest BCUT2D eigenvalue weighted by Crippen LogP contribution is -2.37. The van der Waals surface area contributed by atoms with Crippen LogP contribution in [0.2, 0.25) is 0 Å². The fraction of sp³-hybridized carbons (Fsp3) is 0.710. The second kappa shape index (κ2) is 52.8. The molecule has 0 amide bonds. The van der Waals surface area contributed by atoms with Crippen molar-refractivity contribution in [2.75, 3.05) is 47.5 Å². The maximum absolute atomic E-state index is 12.8. The van der Waals surface area contributed by atoms with Crippen LogP contribution in [-0.4, -0.2) is 70.0 Å². The van der Waals surface area contributed by atoms with Crippen LogP contribution in [0.25, 0.3) is 0 Å². The Balaban J connectivity index is 4.17. The highest BCUT2D eigenvalue weighted by Gasteiger charge is 2.21. The number of rotatable bonds is 52. The van der Waals surface area contributed by atoms with Crippen LogP contribution in [0.4, 0.5) is 0 Å². The number of allylic oxidation sites excluding steroid dienone is 16. The Kier molecular flexibility index (Phi) is 50.5. The number of quaternary nitrogens is 1. The average Bonchev–Trinajstić information content (AvgIpc) is 3.34. The summed E-state index contributed by atoms with van der Waals surface area (Å²) in [6.45, 7) is 4.12. The van der Waals surface area contributed by atoms with Gasteiger partial charge in [-0.2, -0.15) is 0 Å². The molecule has 0 aromatic carbocycles. The van der Waals surface area contributed by atoms with Gasteiger partial charge in [-0.25, -0.2) is 0 Å². The van der Waals surface area contributed by atoms with E-state index in [-0.39, 0.29) is 32.0 Å². The number of phosphoric ester groups is 1. The first-order valence-electron chi connectivity index (χ1n) is 28.9. The molecular weight excluding hydrogens is 918 g/mol. The summed E-state index contributed by atoms with van der Waals surface area (Å²) in [5, 5.41) is 0. The van der Waals surface area contributed by atoms with Gasteiger partial charge in [0, 0.05) is 12.8 Å². The van der Waals surface area contributed by atoms with Crippen molar-refractivity contribution in [2.24, 2.45) is 0 Å². The van der Waals surface area contributed by atoms with E-state index < -0.39 is 26.5 Å². The molecule has 9 nitrogen and oxygen atoms in total. The molecule has 0 radical (unpaired) electrons. The zero-order valence-electron chi connectivity index (χ0n) is 46.8. The summed E-state index contributed by atoms with van der Waals surface area (Å²) in [6, 6.07) is 0. The molecule has 0 saturated carbocycles. The van der Waals surface area contributed by atoms with Crippen molar-refractivity contribution in [1.29, 1.82) is 0 Å². The quantitative estimate of drug-likeness (QED) is 0.0195. The molecule has 0 rings (SSSR count). The van der Waals surface area contributed by atoms with Gasteiger partial charge in [0.15, 0.2) is 6.10 Å². The molecule has 0 heterocycles. The lowest BCUT2D eigenvalue weighted by atomic mass is 10.0. The molecule has 0 bridgehead atoms. The molecule has 0 fully saturated rings. The SMILES string of the molecule is CC/C=C\C/C=C\C/C=C\C/C=C\C/C=C\C/C=C\C/C=C\C/C=C\CCCCCCCCCCC(=O)OC(COC(=O)CCCCCCCCCCCCCCCCC)COP(=O)([O-])OCC[N+](C)(C)C. The van der Waals surface area contributed by atoms with E-state index >= 15 is 0 Å². The van der Waals surface area contributed by atoms with Crippen LogP contribution in [0, 0.1) is 0 Å². The number of hydrogen-bond donors (Lipinski definition) is 0. The summed E-state index contributed by atoms with van der Waals surface area (Å²) in [6.07, 6.45) is 71.6. The predicted octanol–water partition coefficient (Wildman–Crippen LogP) is 17.4. The smallest absolute Gasteiger partial charge is 0.306 e. The third-order valence-electron chi connectivity index (χ3n) is 12.1. The molecule has 72 heavy (non-hydrogen) atoms. The number of phosphoric acid groups is 1. The monoisotopic (exact) mass is 1030 g/mol. The molecular formula is C62H108NO8P. The number of carbonyl (C=O) groups excluding carboxylic acids is 2. The van der Waals surface area contributed by atoms with Crippen molar-refractivity contribution in [3.05, 3.63) is 97.2 Å². The Morgan fingerprint density at radius 2 is 0.792 bits per heavy atom. The van der Waals surface area contributed by atoms with Crippen LogP contribution in [0.5, 0.6) is 0 Å². The van der Waals surface area contributed by atoms with E-state index in [0.717, 1.165) is 96.3 Å². The molecule has 414 valence electrons. The summed E-state index contributed by atoms with van der Waals surface area (Å²) in [5.41, 5.74) is 0. The minimum Gasteiger partial charge on any atom is -0.756 e. The first-order valence-corrected chi connectivity index (χ1v) is 30.4. The van der Waals surface area contributed by atoms with Crippen LogP contribution in [-0.2, 0) is 32.7 Å². The molecule has 10 heteroatoms. The second-order valence-corrected chi connectivity index (χ2v) is 21.7. The first kappa shape index (κ1) is 68.9. The maximum atomic E-state index is 12.8. The lowest BCUT2D eigenvalue weighted by molar-refractivity contribution is -0.870. The van der Waals surface area contributed by atoms with Crippen LogP contribution in [0.3, 0.4) is 0 Å². The zero-order chi connectivity index (χ0) is 52.7. The largest absolute Gasteiger partial charge is 0.756 e. The summed E-state index contributed by atoms with van der Waals surface area (Å²) in [7, 11) is 1.15. The predicted molar refractivity (Wildman–Crippen MR) is 305 cm³/mol. The van der Waals surface area contributed by atoms with Crippen molar-refractivity contribution in [2.45, 2.75) is 238 Å². The van der Waals surface area contributed by atoms with E-state index in [9.17, 15) is 19.0 Å². The third kappa shape index (κ3) is 56.2. The summed E-state index contributed by atoms with van der Waals surface area (Å²) >= 11 is 0. The van der Waals surface area contributed by atoms with Crippen molar-refractivity contribution < 1.29 is 42.1 Å². The fourth-order valence-electron chi connectivity index (χ4n) is 7.67. The number of hydrogen-bond acceptors (Lipinski definition) is 8. The molecule has 0 aromatic rings. The van der Waals surface area contributed by atoms with Gasteiger partial charge in [-0.15, -0.1) is 0 Å². The molecule has 0 N–H and O–H groups in total. The number of ether oxygens (including phenoxy) is 2. The summed E-state index contributed by atoms with van der Waals surface area (Å²) in [5.74, 6) is -0.842. The highest BCUT2D eigenvalue weighted by Crippen LogP contribution is 2.38. The van der Waals surface area contributed by atoms with Gasteiger partial charge in [0.05, 0.1) is 27.7 Å². The average molecular weight is 1030 g/mol. The number of likely N-dealkylation sites (N-methyl/N-ethyl adjacent to an activating group) is 1. The van der Waals surface area contributed by atoms with Gasteiger partial charge in [0.1, 0.15) is 19.8 Å². The van der Waals surface area contributed by atoms with E-state index in [0.29, 0.717) is 17.4 Å². The molecule has 2 atom stereocenters. The Hall–Kier alpha value is -3.07. The zero-order valence-corrected chi connectivity index (χ0v) is 47.7. The summed E-state index contributed by atoms with van der Waals surface area (Å²) in [4.78, 5) is 37.8. The minimum atomic E-state index is -4.64. The van der Waals surface area contributed by atoms with Crippen molar-refractivity contribution in [3.63, 3.8) is 0 Å². The normalized spacial score (nSPS) is 14.0. The molecule has 0 aliphatic rings. The van der Waals surface area contributed by atoms with Gasteiger partial charge in [-0.1, -0.05) is 239 Å². The first-order chi connectivity index (χ1) is 35.0. The van der Waals surface area contributed by atoms with E-state index in [1.165, 1.54) is 103 Å². The highest BCUT2D eigenvalue weighted by atomic mass is 31.2. The van der Waals surface area contributed by atoms with E-state index in [1.54, 1.807) is 0 Å².